The molecule has 0 bridgehead atoms. The van der Waals surface area contributed by atoms with E-state index >= 15 is 0 Å². The van der Waals surface area contributed by atoms with Gasteiger partial charge in [0.25, 0.3) is 0 Å². The average molecular weight is 214 g/mol. The van der Waals surface area contributed by atoms with Crippen LogP contribution in [0.25, 0.3) is 0 Å². The topological polar surface area (TPSA) is 48.1 Å². The summed E-state index contributed by atoms with van der Waals surface area (Å²) in [5.41, 5.74) is 8.51. The molecule has 3 nitrogen and oxygen atoms in total. The highest BCUT2D eigenvalue weighted by Crippen LogP contribution is 2.28. The molecule has 0 aliphatic rings. The summed E-state index contributed by atoms with van der Waals surface area (Å²) >= 11 is 0. The van der Waals surface area contributed by atoms with E-state index in [2.05, 4.69) is 4.98 Å². The maximum Gasteiger partial charge on any atom is 0.242 e. The van der Waals surface area contributed by atoms with Crippen LogP contribution in [0, 0.1) is 13.8 Å². The van der Waals surface area contributed by atoms with E-state index in [0.29, 0.717) is 11.6 Å². The largest absolute Gasteiger partial charge is 0.437 e. The molecular formula is C13H14N2O. The smallest absolute Gasteiger partial charge is 0.242 e. The maximum atomic E-state index is 5.89. The number of anilines is 1. The molecule has 0 aliphatic heterocycles. The molecule has 1 aromatic heterocycles. The SMILES string of the molecule is Cc1ccccc1Oc1nccc(C)c1N. The Morgan fingerprint density at radius 1 is 1.06 bits per heavy atom. The van der Waals surface area contributed by atoms with Crippen molar-refractivity contribution in [3.05, 3.63) is 47.7 Å². The first-order valence-corrected chi connectivity index (χ1v) is 5.13. The molecule has 82 valence electrons. The second-order valence-electron chi connectivity index (χ2n) is 3.71. The Hall–Kier alpha value is -2.03. The number of nitrogen functional groups attached to an aromatic ring is 1. The van der Waals surface area contributed by atoms with Gasteiger partial charge in [0, 0.05) is 6.20 Å². The Balaban J connectivity index is 2.35. The highest BCUT2D eigenvalue weighted by Gasteiger charge is 2.06. The van der Waals surface area contributed by atoms with Crippen LogP contribution in [0.2, 0.25) is 0 Å². The van der Waals surface area contributed by atoms with Crippen molar-refractivity contribution in [1.29, 1.82) is 0 Å². The number of ether oxygens (including phenoxy) is 1. The van der Waals surface area contributed by atoms with E-state index in [4.69, 9.17) is 10.5 Å². The molecule has 1 aromatic carbocycles. The first kappa shape index (κ1) is 10.5. The van der Waals surface area contributed by atoms with Gasteiger partial charge in [0.2, 0.25) is 5.88 Å². The molecule has 1 heterocycles. The van der Waals surface area contributed by atoms with Crippen LogP contribution in [-0.2, 0) is 0 Å². The normalized spacial score (nSPS) is 10.1. The summed E-state index contributed by atoms with van der Waals surface area (Å²) in [7, 11) is 0. The molecule has 0 atom stereocenters. The van der Waals surface area contributed by atoms with Crippen LogP contribution in [-0.4, -0.2) is 4.98 Å². The number of benzene rings is 1. The van der Waals surface area contributed by atoms with Crippen LogP contribution in [0.3, 0.4) is 0 Å². The highest BCUT2D eigenvalue weighted by atomic mass is 16.5. The summed E-state index contributed by atoms with van der Waals surface area (Å²) in [5.74, 6) is 1.25. The number of pyridine rings is 1. The van der Waals surface area contributed by atoms with Crippen LogP contribution in [0.15, 0.2) is 36.5 Å². The molecule has 2 aromatic rings. The Kier molecular flexibility index (Phi) is 2.77. The maximum absolute atomic E-state index is 5.89. The summed E-state index contributed by atoms with van der Waals surface area (Å²) in [5, 5.41) is 0. The van der Waals surface area contributed by atoms with E-state index in [1.54, 1.807) is 6.20 Å². The van der Waals surface area contributed by atoms with Crippen LogP contribution in [0.5, 0.6) is 11.6 Å². The van der Waals surface area contributed by atoms with Crippen molar-refractivity contribution in [2.24, 2.45) is 0 Å². The zero-order chi connectivity index (χ0) is 11.5. The van der Waals surface area contributed by atoms with Gasteiger partial charge in [-0.15, -0.1) is 0 Å². The lowest BCUT2D eigenvalue weighted by atomic mass is 10.2. The minimum Gasteiger partial charge on any atom is -0.437 e. The van der Waals surface area contributed by atoms with Gasteiger partial charge in [-0.25, -0.2) is 4.98 Å². The molecule has 0 spiro atoms. The van der Waals surface area contributed by atoms with E-state index in [1.807, 2.05) is 44.2 Å². The summed E-state index contributed by atoms with van der Waals surface area (Å²) in [6, 6.07) is 9.64. The summed E-state index contributed by atoms with van der Waals surface area (Å²) in [4.78, 5) is 4.13. The Morgan fingerprint density at radius 3 is 2.56 bits per heavy atom. The summed E-state index contributed by atoms with van der Waals surface area (Å²) < 4.78 is 5.68. The molecule has 0 saturated heterocycles. The van der Waals surface area contributed by atoms with Gasteiger partial charge in [-0.05, 0) is 37.1 Å². The lowest BCUT2D eigenvalue weighted by Gasteiger charge is -2.10. The fraction of sp³-hybridized carbons (Fsp3) is 0.154. The zero-order valence-corrected chi connectivity index (χ0v) is 9.40. The van der Waals surface area contributed by atoms with Gasteiger partial charge in [0.15, 0.2) is 0 Å². The van der Waals surface area contributed by atoms with Crippen LogP contribution >= 0.6 is 0 Å². The number of nitrogens with zero attached hydrogens (tertiary/aromatic N) is 1. The van der Waals surface area contributed by atoms with Crippen molar-refractivity contribution in [2.75, 3.05) is 5.73 Å². The van der Waals surface area contributed by atoms with Gasteiger partial charge in [-0.3, -0.25) is 0 Å². The first-order valence-electron chi connectivity index (χ1n) is 5.13. The van der Waals surface area contributed by atoms with Crippen molar-refractivity contribution in [1.82, 2.24) is 4.98 Å². The van der Waals surface area contributed by atoms with Gasteiger partial charge >= 0.3 is 0 Å². The summed E-state index contributed by atoms with van der Waals surface area (Å²) in [6.07, 6.45) is 1.69. The van der Waals surface area contributed by atoms with Crippen LogP contribution in [0.1, 0.15) is 11.1 Å². The van der Waals surface area contributed by atoms with Crippen molar-refractivity contribution in [3.63, 3.8) is 0 Å². The third kappa shape index (κ3) is 1.98. The van der Waals surface area contributed by atoms with Gasteiger partial charge in [0.05, 0.1) is 5.69 Å². The van der Waals surface area contributed by atoms with Crippen LogP contribution < -0.4 is 10.5 Å². The molecule has 0 unspecified atom stereocenters. The lowest BCUT2D eigenvalue weighted by Crippen LogP contribution is -1.97. The second kappa shape index (κ2) is 4.23. The molecular weight excluding hydrogens is 200 g/mol. The minimum atomic E-state index is 0.467. The zero-order valence-electron chi connectivity index (χ0n) is 9.40. The minimum absolute atomic E-state index is 0.467. The number of hydrogen-bond donors (Lipinski definition) is 1. The molecule has 0 fully saturated rings. The van der Waals surface area contributed by atoms with Gasteiger partial charge in [-0.2, -0.15) is 0 Å². The van der Waals surface area contributed by atoms with E-state index in [0.717, 1.165) is 16.9 Å². The Morgan fingerprint density at radius 2 is 1.81 bits per heavy atom. The van der Waals surface area contributed by atoms with Gasteiger partial charge < -0.3 is 10.5 Å². The molecule has 0 aliphatic carbocycles. The molecule has 0 radical (unpaired) electrons. The lowest BCUT2D eigenvalue weighted by molar-refractivity contribution is 0.462. The van der Waals surface area contributed by atoms with E-state index < -0.39 is 0 Å². The fourth-order valence-electron chi connectivity index (χ4n) is 1.40. The van der Waals surface area contributed by atoms with E-state index in [-0.39, 0.29) is 0 Å². The van der Waals surface area contributed by atoms with Gasteiger partial charge in [-0.1, -0.05) is 18.2 Å². The molecule has 16 heavy (non-hydrogen) atoms. The van der Waals surface area contributed by atoms with Crippen molar-refractivity contribution in [2.45, 2.75) is 13.8 Å². The number of rotatable bonds is 2. The van der Waals surface area contributed by atoms with Crippen molar-refractivity contribution >= 4 is 5.69 Å². The fourth-order valence-corrected chi connectivity index (χ4v) is 1.40. The Bertz CT molecular complexity index is 509. The van der Waals surface area contributed by atoms with Crippen molar-refractivity contribution < 1.29 is 4.74 Å². The molecule has 3 heteroatoms. The number of para-hydroxylation sites is 1. The monoisotopic (exact) mass is 214 g/mol. The van der Waals surface area contributed by atoms with E-state index in [9.17, 15) is 0 Å². The number of nitrogens with two attached hydrogens (primary N) is 1. The third-order valence-electron chi connectivity index (χ3n) is 2.47. The quantitative estimate of drug-likeness (QED) is 0.835. The molecule has 0 amide bonds. The summed E-state index contributed by atoms with van der Waals surface area (Å²) in [6.45, 7) is 3.92. The van der Waals surface area contributed by atoms with Gasteiger partial charge in [0.1, 0.15) is 5.75 Å². The Labute approximate surface area is 94.9 Å². The predicted molar refractivity (Wildman–Crippen MR) is 64.6 cm³/mol. The number of aromatic nitrogens is 1. The molecule has 2 rings (SSSR count). The van der Waals surface area contributed by atoms with Crippen LogP contribution in [0.4, 0.5) is 5.69 Å². The first-order chi connectivity index (χ1) is 7.68. The van der Waals surface area contributed by atoms with E-state index in [1.165, 1.54) is 0 Å². The molecule has 0 saturated carbocycles. The second-order valence-corrected chi connectivity index (χ2v) is 3.71. The predicted octanol–water partition coefficient (Wildman–Crippen LogP) is 3.07. The molecule has 2 N–H and O–H groups in total. The standard InChI is InChI=1S/C13H14N2O/c1-9-5-3-4-6-11(9)16-13-12(14)10(2)7-8-15-13/h3-8H,14H2,1-2H3. The average Bonchev–Trinajstić information content (AvgIpc) is 2.28. The third-order valence-corrected chi connectivity index (χ3v) is 2.47. The number of aryl methyl sites for hydroxylation is 2. The van der Waals surface area contributed by atoms with Crippen molar-refractivity contribution in [3.8, 4) is 11.6 Å². The highest BCUT2D eigenvalue weighted by molar-refractivity contribution is 5.55. The number of hydrogen-bond acceptors (Lipinski definition) is 3.